The lowest BCUT2D eigenvalue weighted by Crippen LogP contribution is -2.47. The zero-order valence-corrected chi connectivity index (χ0v) is 29.0. The largest absolute Gasteiger partial charge is 0.495 e. The molecule has 0 spiro atoms. The standard InChI is InChI=1S/C32H33ClN4O6S.C2HF3O2/c1-19(2)44(41,42)28-7-5-4-6-24(28)30-25(32(39)40)13-15-36(30)31(38)29(21-9-11-26(33)27(17-21)43-3)37(34)23-10-8-22-18-35-14-12-20(22)16-23;3-2(4,5)1(6)7/h4-12,14,16-19,25,29-30H,13,15,34H2,1-3H3,(H,39,40);(H,6,7)/t25-,29+,30-;/m0./s1. The molecule has 1 amide bonds. The van der Waals surface area contributed by atoms with Crippen molar-refractivity contribution in [2.75, 3.05) is 18.7 Å². The molecule has 4 aromatic rings. The number of ether oxygens (including phenoxy) is 1. The summed E-state index contributed by atoms with van der Waals surface area (Å²) in [6, 6.07) is 16.2. The summed E-state index contributed by atoms with van der Waals surface area (Å²) in [5, 5.41) is 20.0. The van der Waals surface area contributed by atoms with Crippen LogP contribution in [0.2, 0.25) is 5.02 Å². The van der Waals surface area contributed by atoms with Crippen molar-refractivity contribution < 1.29 is 50.9 Å². The van der Waals surface area contributed by atoms with Crippen LogP contribution in [0.4, 0.5) is 18.9 Å². The highest BCUT2D eigenvalue weighted by Gasteiger charge is 2.47. The number of amides is 1. The third-order valence-electron chi connectivity index (χ3n) is 8.33. The summed E-state index contributed by atoms with van der Waals surface area (Å²) in [6.07, 6.45) is -1.58. The maximum atomic E-state index is 14.7. The van der Waals surface area contributed by atoms with Crippen molar-refractivity contribution in [3.63, 3.8) is 0 Å². The second kappa shape index (κ2) is 15.5. The van der Waals surface area contributed by atoms with Crippen molar-refractivity contribution in [1.29, 1.82) is 0 Å². The number of anilines is 1. The highest BCUT2D eigenvalue weighted by molar-refractivity contribution is 7.92. The van der Waals surface area contributed by atoms with E-state index in [2.05, 4.69) is 4.98 Å². The van der Waals surface area contributed by atoms with E-state index >= 15 is 0 Å². The smallest absolute Gasteiger partial charge is 0.490 e. The number of hydrogen-bond donors (Lipinski definition) is 3. The molecule has 4 N–H and O–H groups in total. The number of benzene rings is 3. The number of pyridine rings is 1. The molecule has 272 valence electrons. The third-order valence-corrected chi connectivity index (χ3v) is 10.9. The van der Waals surface area contributed by atoms with Crippen LogP contribution >= 0.6 is 11.6 Å². The maximum Gasteiger partial charge on any atom is 0.490 e. The molecule has 0 unspecified atom stereocenters. The minimum absolute atomic E-state index is 0.00315. The minimum atomic E-state index is -5.08. The lowest BCUT2D eigenvalue weighted by Gasteiger charge is -2.36. The van der Waals surface area contributed by atoms with Crippen LogP contribution in [-0.2, 0) is 24.2 Å². The molecule has 17 heteroatoms. The first-order valence-electron chi connectivity index (χ1n) is 15.3. The fourth-order valence-electron chi connectivity index (χ4n) is 5.73. The number of carboxylic acid groups (broad SMARTS) is 2. The Morgan fingerprint density at radius 1 is 1.04 bits per heavy atom. The summed E-state index contributed by atoms with van der Waals surface area (Å²) in [5.41, 5.74) is 1.23. The van der Waals surface area contributed by atoms with Crippen molar-refractivity contribution >= 4 is 55.7 Å². The number of methoxy groups -OCH3 is 1. The lowest BCUT2D eigenvalue weighted by molar-refractivity contribution is -0.192. The number of hydrazine groups is 1. The fraction of sp³-hybridized carbons (Fsp3) is 0.294. The molecule has 51 heavy (non-hydrogen) atoms. The first-order valence-corrected chi connectivity index (χ1v) is 17.2. The van der Waals surface area contributed by atoms with Gasteiger partial charge in [0.2, 0.25) is 0 Å². The summed E-state index contributed by atoms with van der Waals surface area (Å²) in [7, 11) is -2.35. The monoisotopic (exact) mass is 750 g/mol. The van der Waals surface area contributed by atoms with Gasteiger partial charge in [-0.3, -0.25) is 19.6 Å². The molecule has 1 aliphatic heterocycles. The number of nitrogens with zero attached hydrogens (tertiary/aromatic N) is 3. The second-order valence-electron chi connectivity index (χ2n) is 11.8. The molecule has 3 atom stereocenters. The molecule has 1 saturated heterocycles. The van der Waals surface area contributed by atoms with E-state index in [0.717, 1.165) is 10.8 Å². The first kappa shape index (κ1) is 38.9. The Kier molecular flexibility index (Phi) is 11.8. The van der Waals surface area contributed by atoms with E-state index in [-0.39, 0.29) is 23.4 Å². The van der Waals surface area contributed by atoms with Crippen LogP contribution in [0.1, 0.15) is 43.5 Å². The van der Waals surface area contributed by atoms with Crippen LogP contribution in [-0.4, -0.2) is 71.4 Å². The third kappa shape index (κ3) is 8.35. The van der Waals surface area contributed by atoms with Crippen LogP contribution in [0.25, 0.3) is 10.8 Å². The van der Waals surface area contributed by atoms with E-state index in [1.807, 2.05) is 18.2 Å². The zero-order chi connectivity index (χ0) is 37.8. The summed E-state index contributed by atoms with van der Waals surface area (Å²) >= 11 is 6.32. The molecule has 12 nitrogen and oxygen atoms in total. The number of rotatable bonds is 9. The molecule has 0 bridgehead atoms. The van der Waals surface area contributed by atoms with Gasteiger partial charge in [-0.05, 0) is 73.2 Å². The highest BCUT2D eigenvalue weighted by atomic mass is 35.5. The highest BCUT2D eigenvalue weighted by Crippen LogP contribution is 2.43. The number of likely N-dealkylation sites (tertiary alicyclic amines) is 1. The molecule has 1 fully saturated rings. The van der Waals surface area contributed by atoms with Gasteiger partial charge < -0.3 is 19.8 Å². The topological polar surface area (TPSA) is 180 Å². The number of halogens is 4. The SMILES string of the molecule is COc1cc([C@H](C(=O)N2CC[C@H](C(=O)O)[C@@H]2c2ccccc2S(=O)(=O)C(C)C)N(N)c2ccc3cnccc3c2)ccc1Cl.O=C(O)C(F)(F)F. The molecule has 5 rings (SSSR count). The van der Waals surface area contributed by atoms with Gasteiger partial charge in [-0.25, -0.2) is 19.1 Å². The number of aliphatic carboxylic acids is 2. The fourth-order valence-corrected chi connectivity index (χ4v) is 7.21. The molecule has 1 aromatic heterocycles. The predicted molar refractivity (Wildman–Crippen MR) is 182 cm³/mol. The van der Waals surface area contributed by atoms with Gasteiger partial charge in [0.25, 0.3) is 5.91 Å². The number of alkyl halides is 3. The van der Waals surface area contributed by atoms with Gasteiger partial charge in [-0.1, -0.05) is 41.9 Å². The van der Waals surface area contributed by atoms with Gasteiger partial charge in [0.1, 0.15) is 11.8 Å². The Balaban J connectivity index is 0.000000755. The van der Waals surface area contributed by atoms with E-state index in [9.17, 15) is 36.3 Å². The van der Waals surface area contributed by atoms with Crippen molar-refractivity contribution in [2.45, 2.75) is 48.7 Å². The van der Waals surface area contributed by atoms with E-state index in [0.29, 0.717) is 22.0 Å². The Bertz CT molecular complexity index is 2050. The van der Waals surface area contributed by atoms with E-state index in [4.69, 9.17) is 32.1 Å². The first-order chi connectivity index (χ1) is 23.9. The van der Waals surface area contributed by atoms with Crippen LogP contribution < -0.4 is 15.6 Å². The summed E-state index contributed by atoms with van der Waals surface area (Å²) in [5.74, 6) is 1.67. The Labute approximate surface area is 296 Å². The molecular weight excluding hydrogens is 717 g/mol. The van der Waals surface area contributed by atoms with Crippen molar-refractivity contribution in [3.8, 4) is 5.75 Å². The number of nitrogens with two attached hydrogens (primary N) is 1. The van der Waals surface area contributed by atoms with Crippen molar-refractivity contribution in [3.05, 3.63) is 95.3 Å². The van der Waals surface area contributed by atoms with Gasteiger partial charge in [-0.15, -0.1) is 0 Å². The zero-order valence-electron chi connectivity index (χ0n) is 27.4. The van der Waals surface area contributed by atoms with Crippen molar-refractivity contribution in [2.24, 2.45) is 11.8 Å². The van der Waals surface area contributed by atoms with Crippen molar-refractivity contribution in [1.82, 2.24) is 9.88 Å². The van der Waals surface area contributed by atoms with Gasteiger partial charge >= 0.3 is 18.1 Å². The Hall–Kier alpha value is -4.93. The quantitative estimate of drug-likeness (QED) is 0.139. The summed E-state index contributed by atoms with van der Waals surface area (Å²) in [4.78, 5) is 41.7. The minimum Gasteiger partial charge on any atom is -0.495 e. The molecule has 1 aliphatic rings. The van der Waals surface area contributed by atoms with Crippen LogP contribution in [0.5, 0.6) is 5.75 Å². The average Bonchev–Trinajstić information content (AvgIpc) is 3.54. The molecular formula is C34H34ClF3N4O8S. The number of carbonyl (C=O) groups excluding carboxylic acids is 1. The molecule has 3 aromatic carbocycles. The maximum absolute atomic E-state index is 14.7. The number of sulfone groups is 1. The van der Waals surface area contributed by atoms with Crippen LogP contribution in [0.3, 0.4) is 0 Å². The van der Waals surface area contributed by atoms with Crippen LogP contribution in [0.15, 0.2) is 84.0 Å². The normalized spacial score (nSPS) is 16.7. The Morgan fingerprint density at radius 3 is 2.31 bits per heavy atom. The molecule has 0 aliphatic carbocycles. The number of hydrogen-bond acceptors (Lipinski definition) is 9. The number of carboxylic acids is 2. The molecule has 0 saturated carbocycles. The Morgan fingerprint density at radius 2 is 1.71 bits per heavy atom. The predicted octanol–water partition coefficient (Wildman–Crippen LogP) is 5.81. The van der Waals surface area contributed by atoms with Gasteiger partial charge in [-0.2, -0.15) is 13.2 Å². The number of fused-ring (bicyclic) bond motifs is 1. The number of carbonyl (C=O) groups is 3. The van der Waals surface area contributed by atoms with Gasteiger partial charge in [0.05, 0.1) is 39.9 Å². The number of aromatic nitrogens is 1. The van der Waals surface area contributed by atoms with Gasteiger partial charge in [0, 0.05) is 24.3 Å². The van der Waals surface area contributed by atoms with Gasteiger partial charge in [0.15, 0.2) is 9.84 Å². The van der Waals surface area contributed by atoms with E-state index in [1.54, 1.807) is 68.7 Å². The average molecular weight is 751 g/mol. The summed E-state index contributed by atoms with van der Waals surface area (Å²) in [6.45, 7) is 3.21. The molecule has 2 heterocycles. The van der Waals surface area contributed by atoms with Crippen LogP contribution in [0, 0.1) is 5.92 Å². The van der Waals surface area contributed by atoms with E-state index < -0.39 is 57.1 Å². The second-order valence-corrected chi connectivity index (χ2v) is 14.6. The lowest BCUT2D eigenvalue weighted by atomic mass is 9.93. The summed E-state index contributed by atoms with van der Waals surface area (Å²) < 4.78 is 64.0. The van der Waals surface area contributed by atoms with E-state index in [1.165, 1.54) is 23.1 Å². The molecule has 0 radical (unpaired) electrons.